The first kappa shape index (κ1) is 65.8. The molecule has 0 saturated heterocycles. The zero-order valence-electron chi connectivity index (χ0n) is 42.3. The molecule has 0 heterocycles. The van der Waals surface area contributed by atoms with Gasteiger partial charge in [-0.3, -0.25) is 0 Å². The van der Waals surface area contributed by atoms with Crippen LogP contribution in [0.2, 0.25) is 10.0 Å². The molecule has 7 aromatic rings. The molecule has 0 bridgehead atoms. The van der Waals surface area contributed by atoms with Gasteiger partial charge in [0.2, 0.25) is 0 Å². The van der Waals surface area contributed by atoms with Gasteiger partial charge in [0.05, 0.1) is 27.8 Å². The molecule has 0 atom stereocenters. The topological polar surface area (TPSA) is 177 Å². The Hall–Kier alpha value is -5.69. The van der Waals surface area contributed by atoms with Crippen LogP contribution in [-0.2, 0) is 13.1 Å². The summed E-state index contributed by atoms with van der Waals surface area (Å²) in [6.07, 6.45) is 3.29. The number of hydrogen-bond acceptors (Lipinski definition) is 8. The van der Waals surface area contributed by atoms with Gasteiger partial charge in [-0.2, -0.15) is 0 Å². The predicted octanol–water partition coefficient (Wildman–Crippen LogP) is 16.5. The number of anilines is 5. The Bertz CT molecular complexity index is 3220. The lowest BCUT2D eigenvalue weighted by Crippen LogP contribution is -2.29. The fourth-order valence-corrected chi connectivity index (χ4v) is 8.98. The van der Waals surface area contributed by atoms with Crippen molar-refractivity contribution in [1.82, 2.24) is 16.0 Å². The van der Waals surface area contributed by atoms with Crippen LogP contribution < -0.4 is 42.5 Å². The van der Waals surface area contributed by atoms with Gasteiger partial charge in [0.25, 0.3) is 0 Å². The van der Waals surface area contributed by atoms with Crippen LogP contribution in [0.15, 0.2) is 141 Å². The average Bonchev–Trinajstić information content (AvgIpc) is 3.41. The van der Waals surface area contributed by atoms with E-state index in [1.807, 2.05) is 91.9 Å². The van der Waals surface area contributed by atoms with Gasteiger partial charge < -0.3 is 63.0 Å². The van der Waals surface area contributed by atoms with Crippen LogP contribution in [0.4, 0.5) is 41.6 Å². The number of thiocarbonyl (C=S) groups is 4. The Labute approximate surface area is 513 Å². The molecule has 0 aliphatic carbocycles. The van der Waals surface area contributed by atoms with Crippen LogP contribution in [0, 0.1) is 31.3 Å². The Morgan fingerprint density at radius 2 is 0.911 bits per heavy atom. The first-order valence-corrected chi connectivity index (χ1v) is 28.4. The number of aromatic hydroxyl groups is 4. The number of rotatable bonds is 13. The molecular weight excluding hydrogens is 1330 g/mol. The molecular formula is C55H54Br3Cl2F3N8O4S4. The van der Waals surface area contributed by atoms with Crippen molar-refractivity contribution in [2.24, 2.45) is 0 Å². The lowest BCUT2D eigenvalue weighted by Gasteiger charge is -2.14. The van der Waals surface area contributed by atoms with E-state index in [0.29, 0.717) is 63.2 Å². The highest BCUT2D eigenvalue weighted by Gasteiger charge is 2.15. The van der Waals surface area contributed by atoms with E-state index in [1.54, 1.807) is 31.2 Å². The molecule has 0 radical (unpaired) electrons. The number of aryl methyl sites for hydroxylation is 1. The second-order valence-electron chi connectivity index (χ2n) is 16.6. The van der Waals surface area contributed by atoms with E-state index in [0.717, 1.165) is 48.2 Å². The van der Waals surface area contributed by atoms with Crippen molar-refractivity contribution in [2.45, 2.75) is 53.1 Å². The summed E-state index contributed by atoms with van der Waals surface area (Å²) >= 11 is 42.0. The van der Waals surface area contributed by atoms with E-state index >= 15 is 0 Å². The highest BCUT2D eigenvalue weighted by Crippen LogP contribution is 2.39. The van der Waals surface area contributed by atoms with Gasteiger partial charge in [0.1, 0.15) is 0 Å². The number of phenolic OH excluding ortho intramolecular Hbond substituents is 4. The highest BCUT2D eigenvalue weighted by molar-refractivity contribution is 9.11. The smallest absolute Gasteiger partial charge is 0.175 e. The van der Waals surface area contributed by atoms with Crippen LogP contribution in [-0.4, -0.2) is 47.4 Å². The number of benzene rings is 7. The fraction of sp³-hybridized carbons (Fsp3) is 0.164. The Morgan fingerprint density at radius 1 is 0.494 bits per heavy atom. The summed E-state index contributed by atoms with van der Waals surface area (Å²) in [5.74, 6) is -3.56. The van der Waals surface area contributed by atoms with Crippen molar-refractivity contribution >= 4 is 169 Å². The lowest BCUT2D eigenvalue weighted by atomic mass is 10.1. The molecule has 24 heteroatoms. The number of phenols is 4. The summed E-state index contributed by atoms with van der Waals surface area (Å²) in [5, 5.41) is 64.0. The van der Waals surface area contributed by atoms with Crippen molar-refractivity contribution in [3.05, 3.63) is 191 Å². The Balaban J connectivity index is 0.000000227. The third kappa shape index (κ3) is 22.8. The number of unbranched alkanes of at least 4 members (excludes halogenated alkanes) is 2. The molecule has 7 rings (SSSR count). The number of hydrogen-bond donors (Lipinski definition) is 12. The van der Waals surface area contributed by atoms with Gasteiger partial charge in [0, 0.05) is 43.8 Å². The molecule has 418 valence electrons. The Morgan fingerprint density at radius 3 is 1.39 bits per heavy atom. The van der Waals surface area contributed by atoms with Crippen LogP contribution in [0.5, 0.6) is 23.0 Å². The Kier molecular flexibility index (Phi) is 28.2. The third-order valence-electron chi connectivity index (χ3n) is 10.6. The standard InChI is InChI=1S/C15H14BrFN2OS.C14H12BrFN2OS.C14H12Cl2N2OS.C12H16BrFN2OS/c1-9-4-2-3-5-10(9)8-18-15(21)19-13-7-11(16)6-12(17)14(13)20;15-10-6-11(16)13(19)12(7-10)18-14(20)17-8-9-4-2-1-3-5-9;1-8-10(15)7-11(13(19)12(8)16)18-14(20)17-9-5-3-2-4-6-9;1-2-3-4-5-15-12(18)16-10-7-8(13)6-9(14)11(10)17/h2-7,20H,8H2,1H3,(H2,18,19,21);1-7,19H,8H2,(H2,17,18,20);2-7,19H,1H3,(H2,17,18,20);6-7,17H,2-5H2,1H3,(H2,15,16,18). The zero-order valence-corrected chi connectivity index (χ0v) is 51.8. The largest absolute Gasteiger partial charge is 0.504 e. The maximum Gasteiger partial charge on any atom is 0.175 e. The summed E-state index contributed by atoms with van der Waals surface area (Å²) in [4.78, 5) is 0. The molecule has 0 aliphatic rings. The van der Waals surface area contributed by atoms with Gasteiger partial charge >= 0.3 is 0 Å². The molecule has 79 heavy (non-hydrogen) atoms. The number of halogens is 8. The predicted molar refractivity (Wildman–Crippen MR) is 344 cm³/mol. The second kappa shape index (κ2) is 33.8. The number of nitrogens with one attached hydrogen (secondary N) is 8. The summed E-state index contributed by atoms with van der Waals surface area (Å²) in [6, 6.07) is 36.9. The molecule has 12 N–H and O–H groups in total. The molecule has 0 amide bonds. The normalized spacial score (nSPS) is 10.2. The van der Waals surface area contributed by atoms with E-state index in [2.05, 4.69) is 97.2 Å². The average molecular weight is 1390 g/mol. The van der Waals surface area contributed by atoms with Crippen molar-refractivity contribution in [3.63, 3.8) is 0 Å². The van der Waals surface area contributed by atoms with E-state index in [4.69, 9.17) is 72.1 Å². The summed E-state index contributed by atoms with van der Waals surface area (Å²) in [7, 11) is 0. The molecule has 0 aliphatic heterocycles. The van der Waals surface area contributed by atoms with Crippen LogP contribution in [0.25, 0.3) is 0 Å². The SMILES string of the molecule is CCCCCNC(=S)Nc1cc(Br)cc(F)c1O.Cc1c(Cl)cc(NC(=S)Nc2ccccc2)c(O)c1Cl.Cc1ccccc1CNC(=S)Nc1cc(Br)cc(F)c1O.Oc1c(F)cc(Br)cc1NC(=S)NCc1ccccc1. The van der Waals surface area contributed by atoms with E-state index in [9.17, 15) is 33.6 Å². The highest BCUT2D eigenvalue weighted by atomic mass is 79.9. The molecule has 0 saturated carbocycles. The van der Waals surface area contributed by atoms with Crippen molar-refractivity contribution in [3.8, 4) is 23.0 Å². The van der Waals surface area contributed by atoms with Crippen LogP contribution >= 0.6 is 120 Å². The molecule has 0 spiro atoms. The van der Waals surface area contributed by atoms with Crippen LogP contribution in [0.3, 0.4) is 0 Å². The minimum absolute atomic E-state index is 0.0780. The maximum atomic E-state index is 13.4. The molecule has 0 aromatic heterocycles. The fourth-order valence-electron chi connectivity index (χ4n) is 6.43. The maximum absolute atomic E-state index is 13.4. The molecule has 0 unspecified atom stereocenters. The minimum Gasteiger partial charge on any atom is -0.504 e. The van der Waals surface area contributed by atoms with Crippen molar-refractivity contribution < 1.29 is 33.6 Å². The minimum atomic E-state index is -0.715. The summed E-state index contributed by atoms with van der Waals surface area (Å²) < 4.78 is 41.6. The summed E-state index contributed by atoms with van der Waals surface area (Å²) in [5.41, 5.74) is 5.84. The van der Waals surface area contributed by atoms with Crippen molar-refractivity contribution in [1.29, 1.82) is 0 Å². The van der Waals surface area contributed by atoms with E-state index < -0.39 is 34.7 Å². The van der Waals surface area contributed by atoms with Crippen molar-refractivity contribution in [2.75, 3.05) is 33.1 Å². The number of para-hydroxylation sites is 1. The van der Waals surface area contributed by atoms with E-state index in [1.165, 1.54) is 18.2 Å². The van der Waals surface area contributed by atoms with Crippen LogP contribution in [0.1, 0.15) is 48.4 Å². The molecule has 7 aromatic carbocycles. The monoisotopic (exact) mass is 1380 g/mol. The molecule has 0 fully saturated rings. The first-order chi connectivity index (χ1) is 37.6. The zero-order chi connectivity index (χ0) is 58.2. The lowest BCUT2D eigenvalue weighted by molar-refractivity contribution is 0.434. The quantitative estimate of drug-likeness (QED) is 0.0298. The van der Waals surface area contributed by atoms with Gasteiger partial charge in [0.15, 0.2) is 60.9 Å². The van der Waals surface area contributed by atoms with Gasteiger partial charge in [-0.25, -0.2) is 13.2 Å². The second-order valence-corrected chi connectivity index (χ2v) is 21.8. The van der Waals surface area contributed by atoms with E-state index in [-0.39, 0.29) is 27.8 Å². The summed E-state index contributed by atoms with van der Waals surface area (Å²) in [6.45, 7) is 7.73. The van der Waals surface area contributed by atoms with Gasteiger partial charge in [-0.05, 0) is 146 Å². The van der Waals surface area contributed by atoms with Gasteiger partial charge in [-0.15, -0.1) is 0 Å². The molecule has 12 nitrogen and oxygen atoms in total. The first-order valence-electron chi connectivity index (χ1n) is 23.6. The van der Waals surface area contributed by atoms with Gasteiger partial charge in [-0.1, -0.05) is 164 Å². The third-order valence-corrected chi connectivity index (χ3v) is 13.8.